The third-order valence-corrected chi connectivity index (χ3v) is 4.77. The van der Waals surface area contributed by atoms with Gasteiger partial charge in [0.2, 0.25) is 11.8 Å². The second-order valence-corrected chi connectivity index (χ2v) is 7.15. The third-order valence-electron chi connectivity index (χ3n) is 3.85. The minimum atomic E-state index is -0.461. The molecule has 0 atom stereocenters. The van der Waals surface area contributed by atoms with E-state index in [2.05, 4.69) is 20.8 Å². The van der Waals surface area contributed by atoms with Gasteiger partial charge in [0, 0.05) is 36.0 Å². The lowest BCUT2D eigenvalue weighted by atomic mass is 10.1. The van der Waals surface area contributed by atoms with E-state index in [4.69, 9.17) is 0 Å². The maximum absolute atomic E-state index is 12.1. The number of nitrogens with zero attached hydrogens (tertiary/aromatic N) is 3. The molecule has 1 heterocycles. The molecule has 0 aliphatic carbocycles. The van der Waals surface area contributed by atoms with E-state index in [0.717, 1.165) is 0 Å². The van der Waals surface area contributed by atoms with Crippen molar-refractivity contribution in [2.24, 2.45) is 0 Å². The van der Waals surface area contributed by atoms with Crippen LogP contribution in [0.25, 0.3) is 11.3 Å². The summed E-state index contributed by atoms with van der Waals surface area (Å²) in [6.45, 7) is 1.42. The van der Waals surface area contributed by atoms with Crippen LogP contribution >= 0.6 is 11.8 Å². The molecule has 30 heavy (non-hydrogen) atoms. The Morgan fingerprint density at radius 3 is 2.10 bits per heavy atom. The number of anilines is 2. The maximum Gasteiger partial charge on any atom is 0.269 e. The Morgan fingerprint density at radius 2 is 1.57 bits per heavy atom. The highest BCUT2D eigenvalue weighted by atomic mass is 32.2. The number of benzene rings is 2. The first-order chi connectivity index (χ1) is 14.4. The van der Waals surface area contributed by atoms with Crippen LogP contribution in [0.4, 0.5) is 17.1 Å². The molecule has 2 aromatic carbocycles. The average Bonchev–Trinajstić information content (AvgIpc) is 2.74. The van der Waals surface area contributed by atoms with Crippen molar-refractivity contribution in [1.82, 2.24) is 10.2 Å². The van der Waals surface area contributed by atoms with E-state index in [-0.39, 0.29) is 23.3 Å². The predicted molar refractivity (Wildman–Crippen MR) is 114 cm³/mol. The molecular formula is C20H17N5O4S. The van der Waals surface area contributed by atoms with Crippen LogP contribution < -0.4 is 10.6 Å². The topological polar surface area (TPSA) is 127 Å². The van der Waals surface area contributed by atoms with Gasteiger partial charge in [-0.15, -0.1) is 10.2 Å². The lowest BCUT2D eigenvalue weighted by molar-refractivity contribution is -0.384. The lowest BCUT2D eigenvalue weighted by Crippen LogP contribution is -2.14. The molecule has 0 aliphatic heterocycles. The van der Waals surface area contributed by atoms with Crippen molar-refractivity contribution in [3.63, 3.8) is 0 Å². The van der Waals surface area contributed by atoms with Crippen molar-refractivity contribution in [1.29, 1.82) is 0 Å². The highest BCUT2D eigenvalue weighted by Crippen LogP contribution is 2.22. The maximum atomic E-state index is 12.1. The Bertz CT molecular complexity index is 1050. The van der Waals surface area contributed by atoms with Gasteiger partial charge in [0.1, 0.15) is 5.03 Å². The molecule has 10 heteroatoms. The first-order valence-electron chi connectivity index (χ1n) is 8.79. The van der Waals surface area contributed by atoms with Gasteiger partial charge in [-0.05, 0) is 48.5 Å². The first-order valence-corrected chi connectivity index (χ1v) is 9.78. The molecule has 152 valence electrons. The van der Waals surface area contributed by atoms with E-state index in [1.807, 2.05) is 0 Å². The van der Waals surface area contributed by atoms with Gasteiger partial charge in [0.25, 0.3) is 5.69 Å². The average molecular weight is 423 g/mol. The fourth-order valence-electron chi connectivity index (χ4n) is 2.48. The summed E-state index contributed by atoms with van der Waals surface area (Å²) in [6.07, 6.45) is 0. The quantitative estimate of drug-likeness (QED) is 0.337. The number of aromatic nitrogens is 2. The van der Waals surface area contributed by atoms with E-state index in [0.29, 0.717) is 27.7 Å². The van der Waals surface area contributed by atoms with Crippen molar-refractivity contribution in [2.45, 2.75) is 11.9 Å². The molecule has 2 N–H and O–H groups in total. The minimum absolute atomic E-state index is 0.00894. The number of nitrogens with one attached hydrogen (secondary N) is 2. The monoisotopic (exact) mass is 423 g/mol. The van der Waals surface area contributed by atoms with E-state index < -0.39 is 4.92 Å². The number of carbonyl (C=O) groups excluding carboxylic acids is 2. The summed E-state index contributed by atoms with van der Waals surface area (Å²) >= 11 is 1.24. The van der Waals surface area contributed by atoms with Crippen LogP contribution in [-0.2, 0) is 9.59 Å². The number of non-ortho nitro benzene ring substituents is 1. The first kappa shape index (κ1) is 20.9. The number of nitro groups is 1. The van der Waals surface area contributed by atoms with E-state index in [1.54, 1.807) is 48.5 Å². The Labute approximate surface area is 176 Å². The summed E-state index contributed by atoms with van der Waals surface area (Å²) in [6, 6.07) is 16.3. The number of nitro benzene ring substituents is 1. The predicted octanol–water partition coefficient (Wildman–Crippen LogP) is 3.74. The molecule has 0 fully saturated rings. The van der Waals surface area contributed by atoms with E-state index in [9.17, 15) is 19.7 Å². The summed E-state index contributed by atoms with van der Waals surface area (Å²) in [4.78, 5) is 33.4. The molecule has 0 spiro atoms. The SMILES string of the molecule is CC(=O)Nc1ccc(NC(=O)CSc2ccc(-c3ccc([N+](=O)[O-])cc3)nn2)cc1. The molecule has 3 aromatic rings. The molecule has 2 amide bonds. The summed E-state index contributed by atoms with van der Waals surface area (Å²) in [5, 5.41) is 24.9. The van der Waals surface area contributed by atoms with Crippen LogP contribution in [0.1, 0.15) is 6.92 Å². The largest absolute Gasteiger partial charge is 0.326 e. The Hall–Kier alpha value is -3.79. The van der Waals surface area contributed by atoms with Crippen molar-refractivity contribution in [3.8, 4) is 11.3 Å². The van der Waals surface area contributed by atoms with Gasteiger partial charge in [-0.25, -0.2) is 0 Å². The van der Waals surface area contributed by atoms with Crippen LogP contribution in [0, 0.1) is 10.1 Å². The van der Waals surface area contributed by atoms with Crippen LogP contribution in [0.5, 0.6) is 0 Å². The van der Waals surface area contributed by atoms with Crippen molar-refractivity contribution in [2.75, 3.05) is 16.4 Å². The normalized spacial score (nSPS) is 10.3. The van der Waals surface area contributed by atoms with Crippen molar-refractivity contribution >= 4 is 40.6 Å². The number of hydrogen-bond acceptors (Lipinski definition) is 7. The fourth-order valence-corrected chi connectivity index (χ4v) is 3.10. The van der Waals surface area contributed by atoms with Crippen molar-refractivity contribution in [3.05, 3.63) is 70.8 Å². The smallest absolute Gasteiger partial charge is 0.269 e. The molecule has 0 bridgehead atoms. The van der Waals surface area contributed by atoms with Crippen LogP contribution in [0.15, 0.2) is 65.7 Å². The zero-order valence-electron chi connectivity index (χ0n) is 15.9. The van der Waals surface area contributed by atoms with Gasteiger partial charge >= 0.3 is 0 Å². The highest BCUT2D eigenvalue weighted by Gasteiger charge is 2.08. The second kappa shape index (κ2) is 9.61. The van der Waals surface area contributed by atoms with Gasteiger partial charge in [-0.3, -0.25) is 19.7 Å². The zero-order valence-corrected chi connectivity index (χ0v) is 16.7. The number of thioether (sulfide) groups is 1. The summed E-state index contributed by atoms with van der Waals surface area (Å²) in [5.41, 5.74) is 2.57. The number of carbonyl (C=O) groups is 2. The molecule has 0 saturated carbocycles. The molecule has 1 aromatic heterocycles. The van der Waals surface area contributed by atoms with Gasteiger partial charge in [0.15, 0.2) is 0 Å². The number of hydrogen-bond donors (Lipinski definition) is 2. The van der Waals surface area contributed by atoms with Crippen molar-refractivity contribution < 1.29 is 14.5 Å². The molecule has 3 rings (SSSR count). The van der Waals surface area contributed by atoms with Gasteiger partial charge < -0.3 is 10.6 Å². The Kier molecular flexibility index (Phi) is 6.71. The van der Waals surface area contributed by atoms with Crippen LogP contribution in [0.3, 0.4) is 0 Å². The van der Waals surface area contributed by atoms with E-state index in [1.165, 1.54) is 30.8 Å². The Balaban J connectivity index is 1.52. The van der Waals surface area contributed by atoms with Gasteiger partial charge in [-0.1, -0.05) is 11.8 Å². The minimum Gasteiger partial charge on any atom is -0.326 e. The second-order valence-electron chi connectivity index (χ2n) is 6.16. The van der Waals surface area contributed by atoms with Gasteiger partial charge in [0.05, 0.1) is 16.4 Å². The molecular weight excluding hydrogens is 406 g/mol. The summed E-state index contributed by atoms with van der Waals surface area (Å²) in [5.74, 6) is -0.212. The fraction of sp³-hybridized carbons (Fsp3) is 0.100. The lowest BCUT2D eigenvalue weighted by Gasteiger charge is -2.07. The van der Waals surface area contributed by atoms with Crippen LogP contribution in [-0.4, -0.2) is 32.7 Å². The summed E-state index contributed by atoms with van der Waals surface area (Å²) < 4.78 is 0. The zero-order chi connectivity index (χ0) is 21.5. The molecule has 0 aliphatic rings. The Morgan fingerprint density at radius 1 is 0.933 bits per heavy atom. The third kappa shape index (κ3) is 5.85. The van der Waals surface area contributed by atoms with E-state index >= 15 is 0 Å². The standard InChI is InChI=1S/C20H17N5O4S/c1-13(26)21-15-4-6-16(7-5-15)22-19(27)12-30-20-11-10-18(23-24-20)14-2-8-17(9-3-14)25(28)29/h2-11H,12H2,1H3,(H,21,26)(H,22,27). The van der Waals surface area contributed by atoms with Crippen LogP contribution in [0.2, 0.25) is 0 Å². The van der Waals surface area contributed by atoms with Gasteiger partial charge in [-0.2, -0.15) is 0 Å². The molecule has 0 unspecified atom stereocenters. The molecule has 0 saturated heterocycles. The number of amides is 2. The highest BCUT2D eigenvalue weighted by molar-refractivity contribution is 7.99. The molecule has 9 nitrogen and oxygen atoms in total. The molecule has 0 radical (unpaired) electrons. The summed E-state index contributed by atoms with van der Waals surface area (Å²) in [7, 11) is 0. The number of rotatable bonds is 7.